The molecule has 28 heavy (non-hydrogen) atoms. The number of anilines is 1. The molecule has 0 saturated carbocycles. The minimum atomic E-state index is -4.50. The molecule has 1 amide bonds. The van der Waals surface area contributed by atoms with Gasteiger partial charge in [-0.25, -0.2) is 9.78 Å². The van der Waals surface area contributed by atoms with Gasteiger partial charge in [0.2, 0.25) is 0 Å². The number of nitrogens with one attached hydrogen (secondary N) is 1. The lowest BCUT2D eigenvalue weighted by atomic mass is 10.1. The van der Waals surface area contributed by atoms with Gasteiger partial charge < -0.3 is 9.47 Å². The van der Waals surface area contributed by atoms with Crippen LogP contribution in [0.3, 0.4) is 0 Å². The zero-order chi connectivity index (χ0) is 20.9. The maximum absolute atomic E-state index is 12.7. The van der Waals surface area contributed by atoms with E-state index in [9.17, 15) is 22.8 Å². The molecule has 1 aromatic carbocycles. The van der Waals surface area contributed by atoms with Crippen LogP contribution in [0.1, 0.15) is 47.6 Å². The summed E-state index contributed by atoms with van der Waals surface area (Å²) in [7, 11) is 0. The van der Waals surface area contributed by atoms with Crippen molar-refractivity contribution < 1.29 is 32.2 Å². The van der Waals surface area contributed by atoms with E-state index in [1.807, 2.05) is 13.8 Å². The van der Waals surface area contributed by atoms with Crippen molar-refractivity contribution in [3.05, 3.63) is 40.4 Å². The number of carbonyl (C=O) groups is 2. The Hall–Kier alpha value is -2.62. The summed E-state index contributed by atoms with van der Waals surface area (Å²) in [6.07, 6.45) is -4.50. The monoisotopic (exact) mass is 416 g/mol. The van der Waals surface area contributed by atoms with Crippen molar-refractivity contribution in [1.29, 1.82) is 0 Å². The van der Waals surface area contributed by atoms with Crippen molar-refractivity contribution in [2.24, 2.45) is 0 Å². The molecule has 1 heterocycles. The highest BCUT2D eigenvalue weighted by Gasteiger charge is 2.30. The highest BCUT2D eigenvalue weighted by atomic mass is 32.1. The van der Waals surface area contributed by atoms with Crippen molar-refractivity contribution in [1.82, 2.24) is 4.98 Å². The number of halogens is 3. The fourth-order valence-electron chi connectivity index (χ4n) is 2.19. The minimum Gasteiger partial charge on any atom is -0.484 e. The molecule has 0 saturated heterocycles. The number of esters is 1. The normalized spacial score (nSPS) is 11.4. The topological polar surface area (TPSA) is 77.5 Å². The van der Waals surface area contributed by atoms with E-state index in [0.717, 1.165) is 23.5 Å². The molecule has 152 valence electrons. The van der Waals surface area contributed by atoms with E-state index < -0.39 is 30.2 Å². The van der Waals surface area contributed by atoms with Gasteiger partial charge in [-0.3, -0.25) is 10.1 Å². The molecule has 0 unspecified atom stereocenters. The third kappa shape index (κ3) is 5.69. The number of alkyl halides is 3. The quantitative estimate of drug-likeness (QED) is 0.674. The molecular weight excluding hydrogens is 397 g/mol. The average Bonchev–Trinajstić information content (AvgIpc) is 3.04. The predicted molar refractivity (Wildman–Crippen MR) is 97.7 cm³/mol. The van der Waals surface area contributed by atoms with Gasteiger partial charge in [0.25, 0.3) is 5.91 Å². The first-order chi connectivity index (χ1) is 13.1. The first kappa shape index (κ1) is 21.7. The number of hydrogen-bond donors (Lipinski definition) is 1. The summed E-state index contributed by atoms with van der Waals surface area (Å²) in [5.41, 5.74) is -0.372. The Morgan fingerprint density at radius 3 is 2.61 bits per heavy atom. The third-order valence-electron chi connectivity index (χ3n) is 3.44. The number of amides is 1. The highest BCUT2D eigenvalue weighted by molar-refractivity contribution is 7.17. The number of thiazole rings is 1. The van der Waals surface area contributed by atoms with Crippen LogP contribution in [0.5, 0.6) is 5.75 Å². The highest BCUT2D eigenvalue weighted by Crippen LogP contribution is 2.31. The molecule has 0 bridgehead atoms. The molecule has 0 spiro atoms. The number of aromatic nitrogens is 1. The number of benzene rings is 1. The van der Waals surface area contributed by atoms with Crippen LogP contribution in [0.2, 0.25) is 0 Å². The largest absolute Gasteiger partial charge is 0.484 e. The van der Waals surface area contributed by atoms with Crippen molar-refractivity contribution in [2.45, 2.75) is 32.9 Å². The summed E-state index contributed by atoms with van der Waals surface area (Å²) in [6, 6.07) is 4.23. The van der Waals surface area contributed by atoms with E-state index in [4.69, 9.17) is 9.47 Å². The van der Waals surface area contributed by atoms with E-state index in [0.29, 0.717) is 10.6 Å². The van der Waals surface area contributed by atoms with Crippen LogP contribution in [0.15, 0.2) is 24.3 Å². The predicted octanol–water partition coefficient (Wildman–Crippen LogP) is 4.48. The number of nitrogens with zero attached hydrogens (tertiary/aromatic N) is 1. The minimum absolute atomic E-state index is 0.0670. The summed E-state index contributed by atoms with van der Waals surface area (Å²) < 4.78 is 48.2. The molecule has 0 fully saturated rings. The van der Waals surface area contributed by atoms with Crippen molar-refractivity contribution >= 4 is 28.3 Å². The average molecular weight is 416 g/mol. The lowest BCUT2D eigenvalue weighted by molar-refractivity contribution is -0.137. The van der Waals surface area contributed by atoms with Crippen molar-refractivity contribution in [3.63, 3.8) is 0 Å². The van der Waals surface area contributed by atoms with Gasteiger partial charge >= 0.3 is 12.1 Å². The van der Waals surface area contributed by atoms with E-state index in [1.54, 1.807) is 6.92 Å². The van der Waals surface area contributed by atoms with Gasteiger partial charge in [-0.15, -0.1) is 0 Å². The second-order valence-corrected chi connectivity index (χ2v) is 6.97. The van der Waals surface area contributed by atoms with Crippen LogP contribution in [-0.2, 0) is 15.7 Å². The Bertz CT molecular complexity index is 850. The van der Waals surface area contributed by atoms with Crippen LogP contribution < -0.4 is 10.1 Å². The summed E-state index contributed by atoms with van der Waals surface area (Å²) in [6.45, 7) is 5.08. The smallest absolute Gasteiger partial charge is 0.416 e. The molecule has 0 radical (unpaired) electrons. The van der Waals surface area contributed by atoms with Crippen LogP contribution in [-0.4, -0.2) is 30.1 Å². The first-order valence-corrected chi connectivity index (χ1v) is 9.21. The van der Waals surface area contributed by atoms with Gasteiger partial charge in [-0.05, 0) is 31.0 Å². The molecule has 2 rings (SSSR count). The molecular formula is C18H19F3N2O4S. The van der Waals surface area contributed by atoms with Crippen LogP contribution in [0.4, 0.5) is 18.3 Å². The molecule has 2 aromatic rings. The zero-order valence-corrected chi connectivity index (χ0v) is 16.2. The van der Waals surface area contributed by atoms with Gasteiger partial charge in [0.15, 0.2) is 11.7 Å². The molecule has 6 nitrogen and oxygen atoms in total. The molecule has 0 atom stereocenters. The SMILES string of the molecule is CCOC(=O)c1sc(NC(=O)COc2cccc(C(F)(F)F)c2)nc1C(C)C. The molecule has 1 N–H and O–H groups in total. The second kappa shape index (κ2) is 9.05. The molecule has 1 aromatic heterocycles. The number of ether oxygens (including phenoxy) is 2. The van der Waals surface area contributed by atoms with Crippen LogP contribution in [0.25, 0.3) is 0 Å². The van der Waals surface area contributed by atoms with Gasteiger partial charge in [0.1, 0.15) is 10.6 Å². The van der Waals surface area contributed by atoms with Crippen LogP contribution in [0, 0.1) is 0 Å². The fourth-order valence-corrected chi connectivity index (χ4v) is 3.22. The lowest BCUT2D eigenvalue weighted by Gasteiger charge is -2.09. The Morgan fingerprint density at radius 1 is 1.29 bits per heavy atom. The number of rotatable bonds is 7. The molecule has 0 aliphatic rings. The maximum Gasteiger partial charge on any atom is 0.416 e. The van der Waals surface area contributed by atoms with E-state index in [1.165, 1.54) is 12.1 Å². The van der Waals surface area contributed by atoms with Gasteiger partial charge in [0.05, 0.1) is 17.9 Å². The standard InChI is InChI=1S/C18H19F3N2O4S/c1-4-26-16(25)15-14(10(2)3)23-17(28-15)22-13(24)9-27-12-7-5-6-11(8-12)18(19,20)21/h5-8,10H,4,9H2,1-3H3,(H,22,23,24). The maximum atomic E-state index is 12.7. The van der Waals surface area contributed by atoms with E-state index in [-0.39, 0.29) is 23.4 Å². The van der Waals surface area contributed by atoms with Gasteiger partial charge in [-0.1, -0.05) is 31.3 Å². The second-order valence-electron chi connectivity index (χ2n) is 5.97. The molecule has 0 aliphatic carbocycles. The van der Waals surface area contributed by atoms with Gasteiger partial charge in [0, 0.05) is 0 Å². The third-order valence-corrected chi connectivity index (χ3v) is 4.41. The number of hydrogen-bond acceptors (Lipinski definition) is 6. The Labute approximate surface area is 163 Å². The van der Waals surface area contributed by atoms with Crippen molar-refractivity contribution in [2.75, 3.05) is 18.5 Å². The molecule has 0 aliphatic heterocycles. The van der Waals surface area contributed by atoms with Crippen LogP contribution >= 0.6 is 11.3 Å². The Balaban J connectivity index is 2.03. The summed E-state index contributed by atoms with van der Waals surface area (Å²) >= 11 is 0.970. The summed E-state index contributed by atoms with van der Waals surface area (Å²) in [5, 5.41) is 2.67. The molecule has 10 heteroatoms. The van der Waals surface area contributed by atoms with E-state index in [2.05, 4.69) is 10.3 Å². The lowest BCUT2D eigenvalue weighted by Crippen LogP contribution is -2.20. The Kier molecular flexibility index (Phi) is 7.00. The fraction of sp³-hybridized carbons (Fsp3) is 0.389. The van der Waals surface area contributed by atoms with E-state index >= 15 is 0 Å². The first-order valence-electron chi connectivity index (χ1n) is 8.39. The Morgan fingerprint density at radius 2 is 2.00 bits per heavy atom. The summed E-state index contributed by atoms with van der Waals surface area (Å²) in [5.74, 6) is -1.29. The zero-order valence-electron chi connectivity index (χ0n) is 15.4. The summed E-state index contributed by atoms with van der Waals surface area (Å²) in [4.78, 5) is 28.6. The number of carbonyl (C=O) groups excluding carboxylic acids is 2. The van der Waals surface area contributed by atoms with Crippen molar-refractivity contribution in [3.8, 4) is 5.75 Å². The van der Waals surface area contributed by atoms with Gasteiger partial charge in [-0.2, -0.15) is 13.2 Å².